The first-order valence-electron chi connectivity index (χ1n) is 13.2. The second-order valence-electron chi connectivity index (χ2n) is 10.5. The molecule has 2 amide bonds. The zero-order valence-electron chi connectivity index (χ0n) is 20.8. The summed E-state index contributed by atoms with van der Waals surface area (Å²) < 4.78 is 47.4. The average Bonchev–Trinajstić information content (AvgIpc) is 3.61. The number of nitrogens with zero attached hydrogens (tertiary/aromatic N) is 2. The Morgan fingerprint density at radius 2 is 1.84 bits per heavy atom. The van der Waals surface area contributed by atoms with Crippen LogP contribution in [0.3, 0.4) is 0 Å². The minimum absolute atomic E-state index is 0.00476. The van der Waals surface area contributed by atoms with Crippen molar-refractivity contribution in [3.8, 4) is 0 Å². The number of aliphatic carboxylic acids is 1. The molecule has 7 nitrogen and oxygen atoms in total. The molecular weight excluding hydrogens is 501 g/mol. The predicted molar refractivity (Wildman–Crippen MR) is 132 cm³/mol. The molecule has 1 aromatic carbocycles. The number of amides is 2. The molecule has 204 valence electrons. The zero-order chi connectivity index (χ0) is 27.0. The molecule has 3 aliphatic carbocycles. The Morgan fingerprint density at radius 3 is 2.50 bits per heavy atom. The maximum Gasteiger partial charge on any atom is 0.426 e. The third-order valence-electron chi connectivity index (χ3n) is 8.01. The highest BCUT2D eigenvalue weighted by molar-refractivity contribution is 5.91. The van der Waals surface area contributed by atoms with Crippen molar-refractivity contribution in [3.05, 3.63) is 54.1 Å². The van der Waals surface area contributed by atoms with Crippen LogP contribution in [-0.4, -0.2) is 52.3 Å². The van der Waals surface area contributed by atoms with E-state index in [0.717, 1.165) is 19.3 Å². The Labute approximate surface area is 218 Å². The average molecular weight is 533 g/mol. The molecule has 38 heavy (non-hydrogen) atoms. The van der Waals surface area contributed by atoms with Gasteiger partial charge < -0.3 is 14.7 Å². The van der Waals surface area contributed by atoms with Crippen molar-refractivity contribution in [3.63, 3.8) is 0 Å². The molecule has 0 bridgehead atoms. The number of fused-ring (bicyclic) bond motifs is 2. The third kappa shape index (κ3) is 5.17. The van der Waals surface area contributed by atoms with Crippen LogP contribution in [0.25, 0.3) is 0 Å². The lowest BCUT2D eigenvalue weighted by atomic mass is 9.81. The molecule has 0 radical (unpaired) electrons. The van der Waals surface area contributed by atoms with Gasteiger partial charge >= 0.3 is 18.2 Å². The van der Waals surface area contributed by atoms with E-state index in [1.165, 1.54) is 17.1 Å². The summed E-state index contributed by atoms with van der Waals surface area (Å²) in [5.74, 6) is -2.49. The van der Waals surface area contributed by atoms with Gasteiger partial charge in [0, 0.05) is 30.3 Å². The molecule has 1 N–H and O–H groups in total. The van der Waals surface area contributed by atoms with E-state index in [1.807, 2.05) is 6.07 Å². The van der Waals surface area contributed by atoms with Gasteiger partial charge in [-0.05, 0) is 43.7 Å². The van der Waals surface area contributed by atoms with E-state index < -0.39 is 36.3 Å². The van der Waals surface area contributed by atoms with Crippen LogP contribution in [0.5, 0.6) is 0 Å². The second kappa shape index (κ2) is 10.5. The number of hydrogen-bond donors (Lipinski definition) is 1. The van der Waals surface area contributed by atoms with Crippen molar-refractivity contribution >= 4 is 23.7 Å². The molecule has 1 aliphatic heterocycles. The van der Waals surface area contributed by atoms with Crippen molar-refractivity contribution in [2.24, 2.45) is 11.8 Å². The van der Waals surface area contributed by atoms with Crippen LogP contribution in [0, 0.1) is 11.8 Å². The molecule has 4 aliphatic rings. The topological polar surface area (TPSA) is 87.2 Å². The van der Waals surface area contributed by atoms with Gasteiger partial charge in [-0.3, -0.25) is 14.5 Å². The van der Waals surface area contributed by atoms with E-state index in [2.05, 4.69) is 0 Å². The Kier molecular flexibility index (Phi) is 7.24. The Hall–Kier alpha value is -3.30. The number of hydrogen-bond acceptors (Lipinski definition) is 4. The number of carboxylic acids is 1. The molecule has 10 heteroatoms. The van der Waals surface area contributed by atoms with Crippen LogP contribution in [0.1, 0.15) is 63.0 Å². The van der Waals surface area contributed by atoms with Gasteiger partial charge in [0.15, 0.2) is 0 Å². The fourth-order valence-electron chi connectivity index (χ4n) is 6.28. The lowest BCUT2D eigenvalue weighted by Crippen LogP contribution is -2.54. The van der Waals surface area contributed by atoms with Gasteiger partial charge in [0.2, 0.25) is 12.0 Å². The number of benzene rings is 1. The van der Waals surface area contributed by atoms with Crippen molar-refractivity contribution in [2.75, 3.05) is 4.90 Å². The quantitative estimate of drug-likeness (QED) is 0.482. The first-order valence-corrected chi connectivity index (χ1v) is 13.2. The lowest BCUT2D eigenvalue weighted by molar-refractivity contribution is -0.213. The van der Waals surface area contributed by atoms with Gasteiger partial charge in [0.05, 0.1) is 18.2 Å². The van der Waals surface area contributed by atoms with E-state index in [-0.39, 0.29) is 43.2 Å². The van der Waals surface area contributed by atoms with Crippen molar-refractivity contribution < 1.29 is 37.4 Å². The van der Waals surface area contributed by atoms with Gasteiger partial charge in [0.1, 0.15) is 0 Å². The molecule has 5 atom stereocenters. The van der Waals surface area contributed by atoms with E-state index >= 15 is 0 Å². The van der Waals surface area contributed by atoms with E-state index in [1.54, 1.807) is 35.3 Å². The summed E-state index contributed by atoms with van der Waals surface area (Å²) >= 11 is 0. The monoisotopic (exact) mass is 532 g/mol. The number of para-hydroxylation sites is 1. The van der Waals surface area contributed by atoms with Crippen molar-refractivity contribution in [1.82, 2.24) is 4.90 Å². The summed E-state index contributed by atoms with van der Waals surface area (Å²) in [6, 6.07) is 6.20. The molecule has 2 saturated carbocycles. The predicted octanol–water partition coefficient (Wildman–Crippen LogP) is 5.77. The van der Waals surface area contributed by atoms with Gasteiger partial charge in [0.25, 0.3) is 0 Å². The van der Waals surface area contributed by atoms with E-state index in [0.29, 0.717) is 24.1 Å². The number of carbonyl (C=O) groups is 3. The zero-order valence-corrected chi connectivity index (χ0v) is 20.8. The van der Waals surface area contributed by atoms with E-state index in [4.69, 9.17) is 9.84 Å². The standard InChI is InChI=1S/C28H31F3N2O5/c29-28(30,31)26(17-7-2-1-3-8-17)38-27(37)33-21-11-5-4-9-19(21)25(20-10-6-12-22(20)33)32(18-13-14-18)23(34)15-16-24(35)36/h1-5,7,9,11,17-18,20,22,25-26H,6,8,10,12-16H2,(H,35,36)/t17?,20?,22?,25?,26-/m1/s1. The van der Waals surface area contributed by atoms with Crippen LogP contribution >= 0.6 is 0 Å². The van der Waals surface area contributed by atoms with Crippen LogP contribution in [0.2, 0.25) is 0 Å². The number of carbonyl (C=O) groups excluding carboxylic acids is 2. The van der Waals surface area contributed by atoms with Crippen LogP contribution in [-0.2, 0) is 14.3 Å². The number of ether oxygens (including phenoxy) is 1. The fraction of sp³-hybridized carbons (Fsp3) is 0.536. The highest BCUT2D eigenvalue weighted by Crippen LogP contribution is 2.53. The number of anilines is 1. The van der Waals surface area contributed by atoms with Crippen molar-refractivity contribution in [2.45, 2.75) is 81.8 Å². The van der Waals surface area contributed by atoms with Gasteiger partial charge in [-0.25, -0.2) is 4.79 Å². The number of allylic oxidation sites excluding steroid dienone is 3. The van der Waals surface area contributed by atoms with Crippen molar-refractivity contribution in [1.29, 1.82) is 0 Å². The Balaban J connectivity index is 1.48. The Morgan fingerprint density at radius 1 is 1.08 bits per heavy atom. The summed E-state index contributed by atoms with van der Waals surface area (Å²) in [7, 11) is 0. The molecule has 1 heterocycles. The summed E-state index contributed by atoms with van der Waals surface area (Å²) in [5.41, 5.74) is 1.13. The Bertz CT molecular complexity index is 1150. The largest absolute Gasteiger partial charge is 0.481 e. The third-order valence-corrected chi connectivity index (χ3v) is 8.01. The first kappa shape index (κ1) is 26.3. The molecule has 2 fully saturated rings. The molecule has 0 saturated heterocycles. The summed E-state index contributed by atoms with van der Waals surface area (Å²) in [6.07, 6.45) is 1.58. The lowest BCUT2D eigenvalue weighted by Gasteiger charge is -2.47. The smallest absolute Gasteiger partial charge is 0.426 e. The normalized spacial score (nSPS) is 26.9. The fourth-order valence-corrected chi connectivity index (χ4v) is 6.28. The van der Waals surface area contributed by atoms with Gasteiger partial charge in [-0.2, -0.15) is 13.2 Å². The molecule has 1 aromatic rings. The highest BCUT2D eigenvalue weighted by atomic mass is 19.4. The summed E-state index contributed by atoms with van der Waals surface area (Å²) in [4.78, 5) is 41.2. The maximum atomic E-state index is 14.0. The number of rotatable bonds is 7. The van der Waals surface area contributed by atoms with Gasteiger partial charge in [-0.1, -0.05) is 48.9 Å². The van der Waals surface area contributed by atoms with E-state index in [9.17, 15) is 27.6 Å². The molecule has 4 unspecified atom stereocenters. The molecule has 5 rings (SSSR count). The minimum atomic E-state index is -4.73. The first-order chi connectivity index (χ1) is 18.2. The molecular formula is C28H31F3N2O5. The molecule has 0 aromatic heterocycles. The van der Waals surface area contributed by atoms with Crippen LogP contribution in [0.4, 0.5) is 23.7 Å². The SMILES string of the molecule is O=C(O)CCC(=O)N(C1CC1)C1c2ccccc2N(C(=O)O[C@H](C2C=CC=CC2)C(F)(F)F)C2CCCC21. The van der Waals surface area contributed by atoms with Crippen LogP contribution in [0.15, 0.2) is 48.6 Å². The minimum Gasteiger partial charge on any atom is -0.481 e. The summed E-state index contributed by atoms with van der Waals surface area (Å²) in [6.45, 7) is 0. The second-order valence-corrected chi connectivity index (χ2v) is 10.5. The highest BCUT2D eigenvalue weighted by Gasteiger charge is 2.53. The number of halogens is 3. The summed E-state index contributed by atoms with van der Waals surface area (Å²) in [5, 5.41) is 9.12. The van der Waals surface area contributed by atoms with Gasteiger partial charge in [-0.15, -0.1) is 0 Å². The molecule has 0 spiro atoms. The number of carboxylic acid groups (broad SMARTS) is 1. The maximum absolute atomic E-state index is 14.0. The number of alkyl halides is 3. The van der Waals surface area contributed by atoms with Crippen LogP contribution < -0.4 is 4.90 Å².